The Kier molecular flexibility index (Phi) is 4.96. The van der Waals surface area contributed by atoms with E-state index in [1.807, 2.05) is 0 Å². The van der Waals surface area contributed by atoms with Gasteiger partial charge in [-0.2, -0.15) is 0 Å². The fourth-order valence-corrected chi connectivity index (χ4v) is 1.20. The number of hydrogen-bond acceptors (Lipinski definition) is 2. The Morgan fingerprint density at radius 1 is 1.09 bits per heavy atom. The molecular formula is C8H20O2Si. The van der Waals surface area contributed by atoms with E-state index in [1.54, 1.807) is 0 Å². The maximum atomic E-state index is 5.48. The molecule has 0 aromatic heterocycles. The molecule has 68 valence electrons. The van der Waals surface area contributed by atoms with Gasteiger partial charge in [0.15, 0.2) is 9.04 Å². The Morgan fingerprint density at radius 3 is 2.00 bits per heavy atom. The van der Waals surface area contributed by atoms with Gasteiger partial charge < -0.3 is 9.16 Å². The molecule has 0 saturated heterocycles. The van der Waals surface area contributed by atoms with Gasteiger partial charge in [-0.25, -0.2) is 0 Å². The lowest BCUT2D eigenvalue weighted by Crippen LogP contribution is -2.23. The molecule has 0 fully saturated rings. The Hall–Kier alpha value is 0.137. The normalized spacial score (nSPS) is 12.5. The van der Waals surface area contributed by atoms with Crippen LogP contribution in [0.25, 0.3) is 0 Å². The summed E-state index contributed by atoms with van der Waals surface area (Å²) in [5, 5.41) is 0. The smallest absolute Gasteiger partial charge is 0.171 e. The van der Waals surface area contributed by atoms with E-state index in [2.05, 4.69) is 33.9 Å². The molecule has 0 heterocycles. The maximum Gasteiger partial charge on any atom is 0.171 e. The zero-order valence-corrected chi connectivity index (χ0v) is 9.46. The van der Waals surface area contributed by atoms with E-state index < -0.39 is 9.04 Å². The summed E-state index contributed by atoms with van der Waals surface area (Å²) in [6.45, 7) is 12.0. The van der Waals surface area contributed by atoms with Crippen molar-refractivity contribution in [3.8, 4) is 0 Å². The van der Waals surface area contributed by atoms with Gasteiger partial charge in [-0.1, -0.05) is 0 Å². The Morgan fingerprint density at radius 2 is 1.64 bits per heavy atom. The molecule has 0 aromatic rings. The summed E-state index contributed by atoms with van der Waals surface area (Å²) >= 11 is 0. The van der Waals surface area contributed by atoms with Gasteiger partial charge in [-0.15, -0.1) is 0 Å². The predicted molar refractivity (Wildman–Crippen MR) is 50.5 cm³/mol. The topological polar surface area (TPSA) is 18.5 Å². The molecule has 0 aliphatic carbocycles. The SMILES string of the molecule is C[SiH](C)OCCOC(C)(C)C. The molecule has 0 aliphatic rings. The first-order chi connectivity index (χ1) is 4.92. The lowest BCUT2D eigenvalue weighted by atomic mass is 10.2. The van der Waals surface area contributed by atoms with Crippen LogP contribution in [0, 0.1) is 0 Å². The highest BCUT2D eigenvalue weighted by molar-refractivity contribution is 6.48. The lowest BCUT2D eigenvalue weighted by Gasteiger charge is -2.19. The van der Waals surface area contributed by atoms with Crippen molar-refractivity contribution in [3.63, 3.8) is 0 Å². The summed E-state index contributed by atoms with van der Waals surface area (Å²) in [6.07, 6.45) is 0. The van der Waals surface area contributed by atoms with Crippen molar-refractivity contribution in [3.05, 3.63) is 0 Å². The second-order valence-electron chi connectivity index (χ2n) is 3.88. The van der Waals surface area contributed by atoms with Gasteiger partial charge in [0, 0.05) is 0 Å². The molecule has 0 aliphatic heterocycles. The monoisotopic (exact) mass is 176 g/mol. The van der Waals surface area contributed by atoms with Gasteiger partial charge >= 0.3 is 0 Å². The van der Waals surface area contributed by atoms with Crippen LogP contribution in [0.4, 0.5) is 0 Å². The van der Waals surface area contributed by atoms with Crippen LogP contribution in [-0.4, -0.2) is 27.9 Å². The Bertz CT molecular complexity index is 96.8. The highest BCUT2D eigenvalue weighted by Gasteiger charge is 2.08. The van der Waals surface area contributed by atoms with Gasteiger partial charge in [0.05, 0.1) is 18.8 Å². The second kappa shape index (κ2) is 4.90. The quantitative estimate of drug-likeness (QED) is 0.480. The van der Waals surface area contributed by atoms with Crippen LogP contribution in [0.5, 0.6) is 0 Å². The van der Waals surface area contributed by atoms with Crippen molar-refractivity contribution in [2.75, 3.05) is 13.2 Å². The zero-order chi connectivity index (χ0) is 8.91. The van der Waals surface area contributed by atoms with Crippen molar-refractivity contribution in [1.82, 2.24) is 0 Å². The van der Waals surface area contributed by atoms with Crippen LogP contribution in [0.3, 0.4) is 0 Å². The van der Waals surface area contributed by atoms with Crippen molar-refractivity contribution in [1.29, 1.82) is 0 Å². The third-order valence-electron chi connectivity index (χ3n) is 1.07. The van der Waals surface area contributed by atoms with Crippen molar-refractivity contribution < 1.29 is 9.16 Å². The van der Waals surface area contributed by atoms with Gasteiger partial charge in [0.2, 0.25) is 0 Å². The number of rotatable bonds is 4. The molecule has 0 spiro atoms. The van der Waals surface area contributed by atoms with Crippen LogP contribution in [0.2, 0.25) is 13.1 Å². The van der Waals surface area contributed by atoms with Gasteiger partial charge in [0.1, 0.15) is 0 Å². The van der Waals surface area contributed by atoms with E-state index in [9.17, 15) is 0 Å². The molecule has 0 radical (unpaired) electrons. The van der Waals surface area contributed by atoms with E-state index in [1.165, 1.54) is 0 Å². The van der Waals surface area contributed by atoms with Crippen LogP contribution in [-0.2, 0) is 9.16 Å². The molecule has 0 bridgehead atoms. The lowest BCUT2D eigenvalue weighted by molar-refractivity contribution is -0.0165. The zero-order valence-electron chi connectivity index (χ0n) is 8.31. The largest absolute Gasteiger partial charge is 0.418 e. The molecule has 0 N–H and O–H groups in total. The number of ether oxygens (including phenoxy) is 1. The average molecular weight is 176 g/mol. The maximum absolute atomic E-state index is 5.48. The van der Waals surface area contributed by atoms with Crippen molar-refractivity contribution in [2.45, 2.75) is 39.5 Å². The fourth-order valence-electron chi connectivity index (χ4n) is 0.632. The Labute approximate surface area is 71.6 Å². The average Bonchev–Trinajstić information content (AvgIpc) is 1.78. The van der Waals surface area contributed by atoms with Crippen molar-refractivity contribution in [2.24, 2.45) is 0 Å². The Balaban J connectivity index is 3.15. The molecule has 0 amide bonds. The van der Waals surface area contributed by atoms with Gasteiger partial charge in [-0.05, 0) is 33.9 Å². The van der Waals surface area contributed by atoms with E-state index in [0.717, 1.165) is 6.61 Å². The molecule has 3 heteroatoms. The molecule has 0 rings (SSSR count). The van der Waals surface area contributed by atoms with E-state index in [4.69, 9.17) is 9.16 Å². The van der Waals surface area contributed by atoms with Crippen LogP contribution in [0.15, 0.2) is 0 Å². The van der Waals surface area contributed by atoms with Crippen molar-refractivity contribution >= 4 is 9.04 Å². The summed E-state index contributed by atoms with van der Waals surface area (Å²) in [5.74, 6) is 0. The minimum absolute atomic E-state index is 0.0259. The molecular weight excluding hydrogens is 156 g/mol. The summed E-state index contributed by atoms with van der Waals surface area (Å²) in [4.78, 5) is 0. The van der Waals surface area contributed by atoms with E-state index >= 15 is 0 Å². The van der Waals surface area contributed by atoms with Crippen LogP contribution >= 0.6 is 0 Å². The minimum Gasteiger partial charge on any atom is -0.418 e. The first-order valence-electron chi connectivity index (χ1n) is 4.17. The summed E-state index contributed by atoms with van der Waals surface area (Å²) in [6, 6.07) is 0. The van der Waals surface area contributed by atoms with E-state index in [0.29, 0.717) is 6.61 Å². The molecule has 0 aromatic carbocycles. The molecule has 2 nitrogen and oxygen atoms in total. The van der Waals surface area contributed by atoms with Gasteiger partial charge in [-0.3, -0.25) is 0 Å². The fraction of sp³-hybridized carbons (Fsp3) is 1.00. The van der Waals surface area contributed by atoms with Crippen LogP contribution in [0.1, 0.15) is 20.8 Å². The molecule has 11 heavy (non-hydrogen) atoms. The third kappa shape index (κ3) is 10.1. The van der Waals surface area contributed by atoms with Crippen LogP contribution < -0.4 is 0 Å². The molecule has 0 unspecified atom stereocenters. The summed E-state index contributed by atoms with van der Waals surface area (Å²) in [7, 11) is -0.836. The molecule has 0 saturated carbocycles. The molecule has 0 atom stereocenters. The first kappa shape index (κ1) is 11.1. The van der Waals surface area contributed by atoms with E-state index in [-0.39, 0.29) is 5.60 Å². The minimum atomic E-state index is -0.836. The highest BCUT2D eigenvalue weighted by atomic mass is 28.3. The summed E-state index contributed by atoms with van der Waals surface area (Å²) in [5.41, 5.74) is -0.0259. The first-order valence-corrected chi connectivity index (χ1v) is 6.95. The third-order valence-corrected chi connectivity index (χ3v) is 1.97. The predicted octanol–water partition coefficient (Wildman–Crippen LogP) is 1.80. The second-order valence-corrected chi connectivity index (χ2v) is 6.31. The highest BCUT2D eigenvalue weighted by Crippen LogP contribution is 2.05. The summed E-state index contributed by atoms with van der Waals surface area (Å²) < 4.78 is 10.9. The standard InChI is InChI=1S/C8H20O2Si/c1-8(2,3)9-6-7-10-11(4)5/h11H,6-7H2,1-5H3. The van der Waals surface area contributed by atoms with Gasteiger partial charge in [0.25, 0.3) is 0 Å². The number of hydrogen-bond donors (Lipinski definition) is 0.